The standard InChI is InChI=1S/C21H33BrOS2Si/c1-21(2,3)26(4,5)23-14-19-17(20-24-11-6-12-25-20)10-8-15-7-9-16(22)13-18(15)19/h7,9,13,17,19-20H,6,8,10-12,14H2,1-5H3/t17-,19-/m0/s1. The van der Waals surface area contributed by atoms with Crippen LogP contribution < -0.4 is 0 Å². The fourth-order valence-electron chi connectivity index (χ4n) is 3.70. The number of thioether (sulfide) groups is 2. The van der Waals surface area contributed by atoms with E-state index in [1.807, 2.05) is 0 Å². The molecule has 0 spiro atoms. The van der Waals surface area contributed by atoms with Crippen LogP contribution in [0.25, 0.3) is 0 Å². The van der Waals surface area contributed by atoms with Crippen LogP contribution in [0, 0.1) is 5.92 Å². The van der Waals surface area contributed by atoms with Crippen molar-refractivity contribution in [1.29, 1.82) is 0 Å². The molecule has 0 amide bonds. The van der Waals surface area contributed by atoms with Gasteiger partial charge in [0.25, 0.3) is 0 Å². The summed E-state index contributed by atoms with van der Waals surface area (Å²) in [6.07, 6.45) is 3.90. The van der Waals surface area contributed by atoms with Crippen LogP contribution in [0.5, 0.6) is 0 Å². The van der Waals surface area contributed by atoms with Crippen LogP contribution in [0.2, 0.25) is 18.1 Å². The third-order valence-electron chi connectivity index (χ3n) is 6.40. The summed E-state index contributed by atoms with van der Waals surface area (Å²) in [5.74, 6) is 3.93. The average molecular weight is 474 g/mol. The molecule has 1 heterocycles. The molecular weight excluding hydrogens is 440 g/mol. The second-order valence-corrected chi connectivity index (χ2v) is 17.7. The molecule has 26 heavy (non-hydrogen) atoms. The highest BCUT2D eigenvalue weighted by atomic mass is 79.9. The van der Waals surface area contributed by atoms with Gasteiger partial charge in [0.1, 0.15) is 0 Å². The third kappa shape index (κ3) is 4.76. The summed E-state index contributed by atoms with van der Waals surface area (Å²) >= 11 is 8.11. The first-order chi connectivity index (χ1) is 12.2. The largest absolute Gasteiger partial charge is 0.416 e. The first-order valence-corrected chi connectivity index (χ1v) is 15.6. The van der Waals surface area contributed by atoms with Gasteiger partial charge in [-0.25, -0.2) is 0 Å². The van der Waals surface area contributed by atoms with Gasteiger partial charge in [0, 0.05) is 17.0 Å². The number of rotatable bonds is 4. The number of hydrogen-bond acceptors (Lipinski definition) is 3. The predicted octanol–water partition coefficient (Wildman–Crippen LogP) is 7.31. The van der Waals surface area contributed by atoms with Gasteiger partial charge in [0.05, 0.1) is 4.58 Å². The molecule has 1 aromatic carbocycles. The van der Waals surface area contributed by atoms with Crippen LogP contribution in [0.15, 0.2) is 22.7 Å². The maximum absolute atomic E-state index is 6.76. The molecule has 1 nitrogen and oxygen atoms in total. The Kier molecular flexibility index (Phi) is 6.98. The van der Waals surface area contributed by atoms with E-state index < -0.39 is 8.32 Å². The number of aryl methyl sites for hydroxylation is 1. The molecule has 5 heteroatoms. The molecule has 1 aliphatic heterocycles. The van der Waals surface area contributed by atoms with E-state index in [1.165, 1.54) is 35.2 Å². The first kappa shape index (κ1) is 21.3. The van der Waals surface area contributed by atoms with Gasteiger partial charge < -0.3 is 4.43 Å². The highest BCUT2D eigenvalue weighted by molar-refractivity contribution is 9.10. The van der Waals surface area contributed by atoms with Gasteiger partial charge in [-0.15, -0.1) is 23.5 Å². The van der Waals surface area contributed by atoms with E-state index in [9.17, 15) is 0 Å². The quantitative estimate of drug-likeness (QED) is 0.424. The molecule has 2 atom stereocenters. The summed E-state index contributed by atoms with van der Waals surface area (Å²) in [6.45, 7) is 12.7. The summed E-state index contributed by atoms with van der Waals surface area (Å²) in [5.41, 5.74) is 3.08. The minimum Gasteiger partial charge on any atom is -0.416 e. The normalized spacial score (nSPS) is 25.2. The zero-order valence-corrected chi connectivity index (χ0v) is 21.0. The van der Waals surface area contributed by atoms with Crippen molar-refractivity contribution in [3.8, 4) is 0 Å². The molecule has 0 radical (unpaired) electrons. The first-order valence-electron chi connectivity index (χ1n) is 9.84. The summed E-state index contributed by atoms with van der Waals surface area (Å²) in [5, 5.41) is 0.269. The highest BCUT2D eigenvalue weighted by Crippen LogP contribution is 2.48. The lowest BCUT2D eigenvalue weighted by Gasteiger charge is -2.42. The fourth-order valence-corrected chi connectivity index (χ4v) is 8.49. The van der Waals surface area contributed by atoms with Crippen LogP contribution in [0.4, 0.5) is 0 Å². The van der Waals surface area contributed by atoms with E-state index in [0.29, 0.717) is 5.92 Å². The van der Waals surface area contributed by atoms with Crippen LogP contribution in [0.3, 0.4) is 0 Å². The third-order valence-corrected chi connectivity index (χ3v) is 14.6. The Morgan fingerprint density at radius 1 is 1.19 bits per heavy atom. The van der Waals surface area contributed by atoms with Gasteiger partial charge in [-0.1, -0.05) is 42.8 Å². The van der Waals surface area contributed by atoms with Crippen molar-refractivity contribution in [2.75, 3.05) is 18.1 Å². The Morgan fingerprint density at radius 3 is 2.54 bits per heavy atom. The van der Waals surface area contributed by atoms with Crippen LogP contribution in [0.1, 0.15) is 50.7 Å². The number of halogens is 1. The molecule has 0 saturated carbocycles. The van der Waals surface area contributed by atoms with E-state index in [4.69, 9.17) is 4.43 Å². The molecule has 0 aromatic heterocycles. The maximum Gasteiger partial charge on any atom is 0.192 e. The van der Waals surface area contributed by atoms with Gasteiger partial charge in [0.2, 0.25) is 0 Å². The molecule has 0 bridgehead atoms. The fraction of sp³-hybridized carbons (Fsp3) is 0.714. The van der Waals surface area contributed by atoms with Crippen molar-refractivity contribution in [3.63, 3.8) is 0 Å². The van der Waals surface area contributed by atoms with E-state index in [0.717, 1.165) is 17.1 Å². The molecule has 1 fully saturated rings. The molecule has 1 aliphatic carbocycles. The predicted molar refractivity (Wildman–Crippen MR) is 125 cm³/mol. The zero-order chi connectivity index (χ0) is 18.9. The van der Waals surface area contributed by atoms with Crippen molar-refractivity contribution in [1.82, 2.24) is 0 Å². The molecule has 0 unspecified atom stereocenters. The van der Waals surface area contributed by atoms with Gasteiger partial charge >= 0.3 is 0 Å². The topological polar surface area (TPSA) is 9.23 Å². The minimum atomic E-state index is -1.73. The lowest BCUT2D eigenvalue weighted by atomic mass is 9.76. The smallest absolute Gasteiger partial charge is 0.192 e. The Bertz CT molecular complexity index is 623. The van der Waals surface area contributed by atoms with E-state index >= 15 is 0 Å². The average Bonchev–Trinajstić information content (AvgIpc) is 2.59. The summed E-state index contributed by atoms with van der Waals surface area (Å²) in [7, 11) is -1.73. The molecule has 3 rings (SSSR count). The number of benzene rings is 1. The minimum absolute atomic E-state index is 0.269. The Morgan fingerprint density at radius 2 is 1.88 bits per heavy atom. The molecule has 2 aliphatic rings. The summed E-state index contributed by atoms with van der Waals surface area (Å²) < 4.78 is 8.70. The van der Waals surface area contributed by atoms with Crippen molar-refractivity contribution >= 4 is 47.8 Å². The lowest BCUT2D eigenvalue weighted by molar-refractivity contribution is 0.219. The molecule has 1 saturated heterocycles. The Labute approximate surface area is 178 Å². The van der Waals surface area contributed by atoms with Crippen LogP contribution in [-0.2, 0) is 10.8 Å². The van der Waals surface area contributed by atoms with E-state index in [1.54, 1.807) is 11.1 Å². The van der Waals surface area contributed by atoms with Crippen LogP contribution >= 0.6 is 39.5 Å². The van der Waals surface area contributed by atoms with Crippen LogP contribution in [-0.4, -0.2) is 31.0 Å². The molecule has 1 aromatic rings. The summed E-state index contributed by atoms with van der Waals surface area (Å²) in [4.78, 5) is 0. The number of fused-ring (bicyclic) bond motifs is 1. The number of hydrogen-bond donors (Lipinski definition) is 0. The van der Waals surface area contributed by atoms with Crippen molar-refractivity contribution in [2.45, 2.75) is 68.7 Å². The Hall–Kier alpha value is 0.577. The monoisotopic (exact) mass is 472 g/mol. The van der Waals surface area contributed by atoms with E-state index in [2.05, 4.69) is 91.5 Å². The Balaban J connectivity index is 1.86. The van der Waals surface area contributed by atoms with Crippen molar-refractivity contribution in [2.24, 2.45) is 5.92 Å². The van der Waals surface area contributed by atoms with Gasteiger partial charge in [0.15, 0.2) is 8.32 Å². The summed E-state index contributed by atoms with van der Waals surface area (Å²) in [6, 6.07) is 6.91. The van der Waals surface area contributed by atoms with Gasteiger partial charge in [-0.2, -0.15) is 0 Å². The second kappa shape index (κ2) is 8.52. The van der Waals surface area contributed by atoms with Gasteiger partial charge in [-0.3, -0.25) is 0 Å². The van der Waals surface area contributed by atoms with E-state index in [-0.39, 0.29) is 5.04 Å². The maximum atomic E-state index is 6.76. The zero-order valence-electron chi connectivity index (χ0n) is 16.8. The second-order valence-electron chi connectivity index (χ2n) is 9.19. The van der Waals surface area contributed by atoms with Crippen molar-refractivity contribution in [3.05, 3.63) is 33.8 Å². The highest BCUT2D eigenvalue weighted by Gasteiger charge is 2.41. The van der Waals surface area contributed by atoms with Crippen molar-refractivity contribution < 1.29 is 4.43 Å². The molecule has 146 valence electrons. The van der Waals surface area contributed by atoms with Gasteiger partial charge in [-0.05, 0) is 78.1 Å². The molecular formula is C21H33BrOS2Si. The SMILES string of the molecule is CC(C)(C)[Si](C)(C)OC[C@@H]1c2cc(Br)ccc2CC[C@@H]1C1SCCCS1. The molecule has 0 N–H and O–H groups in total. The lowest BCUT2D eigenvalue weighted by Crippen LogP contribution is -2.43.